The minimum Gasteiger partial charge on any atom is -0.286 e. The van der Waals surface area contributed by atoms with Crippen molar-refractivity contribution in [3.05, 3.63) is 49.2 Å². The largest absolute Gasteiger partial charge is 0.286 e. The summed E-state index contributed by atoms with van der Waals surface area (Å²) in [5, 5.41) is 0. The Bertz CT molecular complexity index is 863. The van der Waals surface area contributed by atoms with Crippen LogP contribution in [0.15, 0.2) is 30.3 Å². The molecule has 8 heteroatoms. The highest BCUT2D eigenvalue weighted by molar-refractivity contribution is 14.1. The Kier molecular flexibility index (Phi) is 5.73. The number of benzene rings is 1. The molecule has 26 heavy (non-hydrogen) atoms. The zero-order chi connectivity index (χ0) is 18.8. The maximum absolute atomic E-state index is 12.5. The predicted octanol–water partition coefficient (Wildman–Crippen LogP) is 2.79. The number of imide groups is 1. The van der Waals surface area contributed by atoms with E-state index in [9.17, 15) is 14.4 Å². The van der Waals surface area contributed by atoms with Crippen molar-refractivity contribution in [2.75, 3.05) is 4.90 Å². The molecule has 1 atom stereocenters. The van der Waals surface area contributed by atoms with E-state index in [4.69, 9.17) is 0 Å². The average Bonchev–Trinajstić information content (AvgIpc) is 3.13. The fraction of sp³-hybridized carbons (Fsp3) is 0.278. The number of carbonyl (C=O) groups is 3. The van der Waals surface area contributed by atoms with E-state index >= 15 is 0 Å². The molecule has 3 amide bonds. The maximum Gasteiger partial charge on any atom is 0.275 e. The van der Waals surface area contributed by atoms with E-state index in [1.165, 1.54) is 11.3 Å². The van der Waals surface area contributed by atoms with Gasteiger partial charge in [-0.3, -0.25) is 19.8 Å². The molecule has 0 spiro atoms. The molecule has 136 valence electrons. The Morgan fingerprint density at radius 2 is 2.00 bits per heavy atom. The molecule has 0 unspecified atom stereocenters. The Morgan fingerprint density at radius 1 is 1.31 bits per heavy atom. The Labute approximate surface area is 169 Å². The number of halogens is 1. The number of nitrogens with one attached hydrogen (secondary N) is 2. The summed E-state index contributed by atoms with van der Waals surface area (Å²) in [5.74, 6) is -0.956. The Morgan fingerprint density at radius 3 is 2.62 bits per heavy atom. The van der Waals surface area contributed by atoms with E-state index in [1.54, 1.807) is 12.1 Å². The van der Waals surface area contributed by atoms with E-state index < -0.39 is 6.04 Å². The molecule has 1 aromatic heterocycles. The van der Waals surface area contributed by atoms with Crippen LogP contribution in [0.25, 0.3) is 0 Å². The molecule has 0 saturated carbocycles. The van der Waals surface area contributed by atoms with Gasteiger partial charge in [-0.05, 0) is 71.8 Å². The zero-order valence-corrected chi connectivity index (χ0v) is 17.3. The van der Waals surface area contributed by atoms with Crippen LogP contribution in [0.4, 0.5) is 5.69 Å². The van der Waals surface area contributed by atoms with Crippen molar-refractivity contribution in [3.63, 3.8) is 0 Å². The molecule has 1 saturated heterocycles. The van der Waals surface area contributed by atoms with E-state index in [2.05, 4.69) is 33.4 Å². The summed E-state index contributed by atoms with van der Waals surface area (Å²) in [7, 11) is 0. The molecule has 3 rings (SSSR count). The monoisotopic (exact) mass is 483 g/mol. The lowest BCUT2D eigenvalue weighted by molar-refractivity contribution is -0.121. The molecule has 1 aromatic carbocycles. The van der Waals surface area contributed by atoms with Gasteiger partial charge in [0.05, 0.1) is 17.0 Å². The first-order chi connectivity index (χ1) is 12.4. The van der Waals surface area contributed by atoms with Crippen molar-refractivity contribution in [1.82, 2.24) is 10.9 Å². The minimum absolute atomic E-state index is 0.00871. The number of carbonyl (C=O) groups excluding carboxylic acids is 3. The van der Waals surface area contributed by atoms with Crippen LogP contribution in [0.1, 0.15) is 33.5 Å². The molecular formula is C18H18IN3O3S. The third-order valence-electron chi connectivity index (χ3n) is 4.16. The zero-order valence-electron chi connectivity index (χ0n) is 14.3. The highest BCUT2D eigenvalue weighted by Crippen LogP contribution is 2.24. The van der Waals surface area contributed by atoms with Crippen molar-refractivity contribution >= 4 is 57.3 Å². The fourth-order valence-electron chi connectivity index (χ4n) is 2.80. The predicted molar refractivity (Wildman–Crippen MR) is 109 cm³/mol. The van der Waals surface area contributed by atoms with Crippen molar-refractivity contribution in [2.24, 2.45) is 0 Å². The Hall–Kier alpha value is -1.78. The van der Waals surface area contributed by atoms with Gasteiger partial charge in [0.25, 0.3) is 11.8 Å². The summed E-state index contributed by atoms with van der Waals surface area (Å²) >= 11 is 3.59. The lowest BCUT2D eigenvalue weighted by atomic mass is 10.2. The number of thiophene rings is 1. The van der Waals surface area contributed by atoms with Gasteiger partial charge < -0.3 is 0 Å². The fourth-order valence-corrected chi connectivity index (χ4v) is 4.17. The number of anilines is 1. The minimum atomic E-state index is -0.766. The van der Waals surface area contributed by atoms with Crippen LogP contribution in [0, 0.1) is 10.5 Å². The van der Waals surface area contributed by atoms with Gasteiger partial charge in [-0.25, -0.2) is 10.3 Å². The molecule has 2 N–H and O–H groups in total. The van der Waals surface area contributed by atoms with Crippen LogP contribution in [0.5, 0.6) is 0 Å². The first-order valence-electron chi connectivity index (χ1n) is 8.18. The molecule has 1 fully saturated rings. The second kappa shape index (κ2) is 7.85. The first kappa shape index (κ1) is 19.0. The molecule has 0 radical (unpaired) electrons. The van der Waals surface area contributed by atoms with Crippen LogP contribution in [0.2, 0.25) is 0 Å². The van der Waals surface area contributed by atoms with Gasteiger partial charge in [0.15, 0.2) is 0 Å². The quantitative estimate of drug-likeness (QED) is 0.390. The van der Waals surface area contributed by atoms with Crippen LogP contribution in [-0.4, -0.2) is 23.8 Å². The maximum atomic E-state index is 12.5. The summed E-state index contributed by atoms with van der Waals surface area (Å²) in [4.78, 5) is 40.0. The van der Waals surface area contributed by atoms with Gasteiger partial charge in [0, 0.05) is 8.45 Å². The van der Waals surface area contributed by atoms with Crippen molar-refractivity contribution in [3.8, 4) is 0 Å². The van der Waals surface area contributed by atoms with Gasteiger partial charge >= 0.3 is 0 Å². The third kappa shape index (κ3) is 3.81. The second-order valence-corrected chi connectivity index (χ2v) is 8.35. The normalized spacial score (nSPS) is 17.0. The summed E-state index contributed by atoms with van der Waals surface area (Å²) in [6.45, 7) is 4.01. The molecule has 0 aliphatic carbocycles. The van der Waals surface area contributed by atoms with Gasteiger partial charge in [-0.15, -0.1) is 11.3 Å². The number of hydrogen-bond acceptors (Lipinski definition) is 5. The number of amides is 3. The molecular weight excluding hydrogens is 465 g/mol. The van der Waals surface area contributed by atoms with Gasteiger partial charge in [0.1, 0.15) is 6.04 Å². The summed E-state index contributed by atoms with van der Waals surface area (Å²) in [6, 6.07) is 8.21. The highest BCUT2D eigenvalue weighted by Gasteiger charge is 2.39. The van der Waals surface area contributed by atoms with Crippen LogP contribution in [-0.2, 0) is 16.0 Å². The highest BCUT2D eigenvalue weighted by atomic mass is 127. The third-order valence-corrected chi connectivity index (χ3v) is 6.26. The van der Waals surface area contributed by atoms with Crippen LogP contribution in [0.3, 0.4) is 0 Å². The van der Waals surface area contributed by atoms with E-state index in [0.29, 0.717) is 10.6 Å². The first-order valence-corrected chi connectivity index (χ1v) is 10.1. The second-order valence-electron chi connectivity index (χ2n) is 5.97. The van der Waals surface area contributed by atoms with E-state index in [0.717, 1.165) is 25.3 Å². The SMILES string of the molecule is CCc1sc(C(=O)NN[C@@H]2CC(=O)N(c3ccc(I)cc3)C2=O)cc1C. The summed E-state index contributed by atoms with van der Waals surface area (Å²) in [6.07, 6.45) is 0.882. The van der Waals surface area contributed by atoms with Gasteiger partial charge in [-0.2, -0.15) is 0 Å². The molecule has 0 bridgehead atoms. The molecule has 2 heterocycles. The number of rotatable bonds is 5. The topological polar surface area (TPSA) is 78.5 Å². The van der Waals surface area contributed by atoms with Crippen molar-refractivity contribution < 1.29 is 14.4 Å². The Balaban J connectivity index is 1.65. The van der Waals surface area contributed by atoms with Crippen molar-refractivity contribution in [1.29, 1.82) is 0 Å². The molecule has 1 aliphatic rings. The number of hydrogen-bond donors (Lipinski definition) is 2. The standard InChI is InChI=1S/C18H18IN3O3S/c1-3-14-10(2)8-15(26-14)17(24)21-20-13-9-16(23)22(18(13)25)12-6-4-11(19)5-7-12/h4-8,13,20H,3,9H2,1-2H3,(H,21,24)/t13-/m1/s1. The molecule has 1 aliphatic heterocycles. The average molecular weight is 483 g/mol. The lowest BCUT2D eigenvalue weighted by Gasteiger charge is -2.15. The molecule has 6 nitrogen and oxygen atoms in total. The number of nitrogens with zero attached hydrogens (tertiary/aromatic N) is 1. The van der Waals surface area contributed by atoms with E-state index in [-0.39, 0.29) is 24.1 Å². The lowest BCUT2D eigenvalue weighted by Crippen LogP contribution is -2.48. The number of aryl methyl sites for hydroxylation is 2. The van der Waals surface area contributed by atoms with Crippen LogP contribution >= 0.6 is 33.9 Å². The van der Waals surface area contributed by atoms with Gasteiger partial charge in [-0.1, -0.05) is 6.92 Å². The molecule has 2 aromatic rings. The smallest absolute Gasteiger partial charge is 0.275 e. The number of hydrazine groups is 1. The summed E-state index contributed by atoms with van der Waals surface area (Å²) in [5.41, 5.74) is 6.89. The summed E-state index contributed by atoms with van der Waals surface area (Å²) < 4.78 is 1.02. The van der Waals surface area contributed by atoms with E-state index in [1.807, 2.05) is 32.0 Å². The van der Waals surface area contributed by atoms with Gasteiger partial charge in [0.2, 0.25) is 5.91 Å². The van der Waals surface area contributed by atoms with Crippen molar-refractivity contribution in [2.45, 2.75) is 32.7 Å². The van der Waals surface area contributed by atoms with Crippen LogP contribution < -0.4 is 15.8 Å².